The molecule has 0 aliphatic carbocycles. The lowest BCUT2D eigenvalue weighted by Gasteiger charge is -2.12. The molecule has 0 atom stereocenters. The molecule has 0 fully saturated rings. The highest BCUT2D eigenvalue weighted by Gasteiger charge is 2.23. The summed E-state index contributed by atoms with van der Waals surface area (Å²) >= 11 is 1.31. The Bertz CT molecular complexity index is 892. The van der Waals surface area contributed by atoms with Crippen LogP contribution in [0, 0.1) is 34.6 Å². The summed E-state index contributed by atoms with van der Waals surface area (Å²) in [6, 6.07) is 4.09. The first-order chi connectivity index (χ1) is 12.6. The maximum Gasteiger partial charge on any atom is 0.413 e. The summed E-state index contributed by atoms with van der Waals surface area (Å²) in [5, 5.41) is 5.40. The maximum atomic E-state index is 12.6. The number of carbonyl (C=O) groups is 3. The molecular formula is C20H24N2O4S. The van der Waals surface area contributed by atoms with Gasteiger partial charge in [-0.05, 0) is 56.9 Å². The van der Waals surface area contributed by atoms with Gasteiger partial charge in [0.15, 0.2) is 0 Å². The van der Waals surface area contributed by atoms with Crippen LogP contribution in [0.3, 0.4) is 0 Å². The van der Waals surface area contributed by atoms with Gasteiger partial charge in [0.05, 0.1) is 19.1 Å². The van der Waals surface area contributed by atoms with Crippen LogP contribution in [0.4, 0.5) is 9.80 Å². The molecule has 2 N–H and O–H groups in total. The Morgan fingerprint density at radius 3 is 2.19 bits per heavy atom. The van der Waals surface area contributed by atoms with Crippen molar-refractivity contribution < 1.29 is 19.1 Å². The van der Waals surface area contributed by atoms with Crippen molar-refractivity contribution in [2.24, 2.45) is 0 Å². The predicted molar refractivity (Wildman–Crippen MR) is 107 cm³/mol. The van der Waals surface area contributed by atoms with E-state index < -0.39 is 12.0 Å². The van der Waals surface area contributed by atoms with E-state index in [1.54, 1.807) is 6.92 Å². The summed E-state index contributed by atoms with van der Waals surface area (Å²) in [6.07, 6.45) is -0.627. The molecule has 0 bridgehead atoms. The summed E-state index contributed by atoms with van der Waals surface area (Å²) in [7, 11) is 1.18. The molecule has 2 aromatic rings. The fourth-order valence-electron chi connectivity index (χ4n) is 3.01. The van der Waals surface area contributed by atoms with Gasteiger partial charge in [0.1, 0.15) is 5.00 Å². The largest absolute Gasteiger partial charge is 0.453 e. The Kier molecular flexibility index (Phi) is 6.38. The van der Waals surface area contributed by atoms with E-state index in [1.807, 2.05) is 39.8 Å². The number of hydrogen-bond donors (Lipinski definition) is 2. The lowest BCUT2D eigenvalue weighted by molar-refractivity contribution is -0.115. The summed E-state index contributed by atoms with van der Waals surface area (Å²) in [4.78, 5) is 37.3. The number of imide groups is 1. The monoisotopic (exact) mass is 388 g/mol. The third kappa shape index (κ3) is 4.74. The van der Waals surface area contributed by atoms with E-state index in [4.69, 9.17) is 0 Å². The normalized spacial score (nSPS) is 10.4. The van der Waals surface area contributed by atoms with Crippen LogP contribution in [0.25, 0.3) is 0 Å². The van der Waals surface area contributed by atoms with Crippen molar-refractivity contribution in [3.63, 3.8) is 0 Å². The molecular weight excluding hydrogens is 364 g/mol. The highest BCUT2D eigenvalue weighted by Crippen LogP contribution is 2.32. The molecule has 1 aromatic heterocycles. The van der Waals surface area contributed by atoms with Crippen LogP contribution in [0.5, 0.6) is 0 Å². The molecule has 0 unspecified atom stereocenters. The van der Waals surface area contributed by atoms with Crippen molar-refractivity contribution in [1.29, 1.82) is 0 Å². The minimum Gasteiger partial charge on any atom is -0.453 e. The Morgan fingerprint density at radius 2 is 1.63 bits per heavy atom. The number of aryl methyl sites for hydroxylation is 4. The summed E-state index contributed by atoms with van der Waals surface area (Å²) in [6.45, 7) is 9.63. The van der Waals surface area contributed by atoms with Crippen molar-refractivity contribution >= 4 is 34.2 Å². The molecule has 27 heavy (non-hydrogen) atoms. The van der Waals surface area contributed by atoms with Gasteiger partial charge >= 0.3 is 6.09 Å². The van der Waals surface area contributed by atoms with Gasteiger partial charge in [-0.25, -0.2) is 4.79 Å². The van der Waals surface area contributed by atoms with Gasteiger partial charge in [0, 0.05) is 4.88 Å². The molecule has 0 radical (unpaired) electrons. The van der Waals surface area contributed by atoms with E-state index in [0.717, 1.165) is 32.7 Å². The van der Waals surface area contributed by atoms with E-state index in [0.29, 0.717) is 5.00 Å². The first-order valence-electron chi connectivity index (χ1n) is 8.49. The zero-order chi connectivity index (χ0) is 20.3. The summed E-state index contributed by atoms with van der Waals surface area (Å²) in [5.41, 5.74) is 5.26. The Labute approximate surface area is 162 Å². The number of nitrogens with one attached hydrogen (secondary N) is 2. The Balaban J connectivity index is 2.25. The highest BCUT2D eigenvalue weighted by atomic mass is 32.1. The minimum atomic E-state index is -0.841. The molecule has 7 heteroatoms. The van der Waals surface area contributed by atoms with E-state index >= 15 is 0 Å². The maximum absolute atomic E-state index is 12.6. The summed E-state index contributed by atoms with van der Waals surface area (Å²) in [5.74, 6) is -0.805. The van der Waals surface area contributed by atoms with Crippen LogP contribution >= 0.6 is 11.3 Å². The zero-order valence-electron chi connectivity index (χ0n) is 16.4. The van der Waals surface area contributed by atoms with Gasteiger partial charge in [-0.1, -0.05) is 17.7 Å². The molecule has 6 nitrogen and oxygen atoms in total. The molecule has 1 heterocycles. The fourth-order valence-corrected chi connectivity index (χ4v) is 4.09. The van der Waals surface area contributed by atoms with Crippen LogP contribution < -0.4 is 10.6 Å². The third-order valence-corrected chi connectivity index (χ3v) is 5.57. The molecule has 2 rings (SSSR count). The standard InChI is InChI=1S/C20H24N2O4S/c1-10-7-11(2)15(12(3)8-10)9-16(23)21-19-17(13(4)14(5)27-19)18(24)22-20(25)26-6/h7-8H,9H2,1-6H3,(H,21,23)(H,22,24,25). The molecule has 3 amide bonds. The number of alkyl carbamates (subject to hydrolysis) is 1. The van der Waals surface area contributed by atoms with Gasteiger partial charge in [-0.2, -0.15) is 0 Å². The first kappa shape index (κ1) is 20.6. The van der Waals surface area contributed by atoms with Crippen LogP contribution in [0.15, 0.2) is 12.1 Å². The van der Waals surface area contributed by atoms with Gasteiger partial charge in [-0.15, -0.1) is 11.3 Å². The lowest BCUT2D eigenvalue weighted by Crippen LogP contribution is -2.31. The number of hydrogen-bond acceptors (Lipinski definition) is 5. The number of methoxy groups -OCH3 is 1. The number of ether oxygens (including phenoxy) is 1. The van der Waals surface area contributed by atoms with Gasteiger partial charge in [-0.3, -0.25) is 14.9 Å². The van der Waals surface area contributed by atoms with E-state index in [2.05, 4.69) is 15.4 Å². The predicted octanol–water partition coefficient (Wildman–Crippen LogP) is 3.97. The quantitative estimate of drug-likeness (QED) is 0.830. The number of carbonyl (C=O) groups excluding carboxylic acids is 3. The Morgan fingerprint density at radius 1 is 1.04 bits per heavy atom. The number of benzene rings is 1. The highest BCUT2D eigenvalue weighted by molar-refractivity contribution is 7.16. The van der Waals surface area contributed by atoms with Crippen molar-refractivity contribution in [3.05, 3.63) is 50.4 Å². The summed E-state index contributed by atoms with van der Waals surface area (Å²) < 4.78 is 4.47. The smallest absolute Gasteiger partial charge is 0.413 e. The molecule has 1 aromatic carbocycles. The minimum absolute atomic E-state index is 0.210. The van der Waals surface area contributed by atoms with Crippen LogP contribution in [-0.4, -0.2) is 25.0 Å². The second-order valence-corrected chi connectivity index (χ2v) is 7.76. The topological polar surface area (TPSA) is 84.5 Å². The van der Waals surface area contributed by atoms with Crippen LogP contribution in [0.1, 0.15) is 43.1 Å². The third-order valence-electron chi connectivity index (χ3n) is 4.44. The van der Waals surface area contributed by atoms with Crippen molar-refractivity contribution in [2.45, 2.75) is 41.0 Å². The van der Waals surface area contributed by atoms with Crippen LogP contribution in [0.2, 0.25) is 0 Å². The second-order valence-electron chi connectivity index (χ2n) is 6.54. The molecule has 0 spiro atoms. The van der Waals surface area contributed by atoms with E-state index in [9.17, 15) is 14.4 Å². The molecule has 0 saturated carbocycles. The number of thiophene rings is 1. The number of amides is 3. The average molecular weight is 388 g/mol. The number of rotatable bonds is 4. The van der Waals surface area contributed by atoms with Crippen molar-refractivity contribution in [1.82, 2.24) is 5.32 Å². The van der Waals surface area contributed by atoms with E-state index in [-0.39, 0.29) is 17.9 Å². The molecule has 144 valence electrons. The average Bonchev–Trinajstić information content (AvgIpc) is 2.84. The molecule has 0 aliphatic heterocycles. The van der Waals surface area contributed by atoms with Gasteiger partial charge in [0.2, 0.25) is 5.91 Å². The molecule has 0 saturated heterocycles. The second kappa shape index (κ2) is 8.35. The zero-order valence-corrected chi connectivity index (χ0v) is 17.2. The van der Waals surface area contributed by atoms with Crippen molar-refractivity contribution in [2.75, 3.05) is 12.4 Å². The number of anilines is 1. The van der Waals surface area contributed by atoms with E-state index in [1.165, 1.54) is 18.4 Å². The first-order valence-corrected chi connectivity index (χ1v) is 9.31. The van der Waals surface area contributed by atoms with Gasteiger partial charge in [0.25, 0.3) is 5.91 Å². The van der Waals surface area contributed by atoms with Crippen LogP contribution in [-0.2, 0) is 16.0 Å². The van der Waals surface area contributed by atoms with Gasteiger partial charge < -0.3 is 10.1 Å². The molecule has 0 aliphatic rings. The van der Waals surface area contributed by atoms with Crippen molar-refractivity contribution in [3.8, 4) is 0 Å². The fraction of sp³-hybridized carbons (Fsp3) is 0.350. The SMILES string of the molecule is COC(=O)NC(=O)c1c(NC(=O)Cc2c(C)cc(C)cc2C)sc(C)c1C. The lowest BCUT2D eigenvalue weighted by atomic mass is 9.97. The Hall–Kier alpha value is -2.67.